The molecule has 0 atom stereocenters. The van der Waals surface area contributed by atoms with E-state index < -0.39 is 8.80 Å². The monoisotopic (exact) mass is 232 g/mol. The van der Waals surface area contributed by atoms with Gasteiger partial charge >= 0.3 is 0 Å². The molecule has 0 heterocycles. The predicted octanol–water partition coefficient (Wildman–Crippen LogP) is 2.94. The third-order valence-corrected chi connectivity index (χ3v) is 6.27. The van der Waals surface area contributed by atoms with Gasteiger partial charge in [-0.1, -0.05) is 19.9 Å². The molecule has 0 aliphatic heterocycles. The molecule has 0 aliphatic carbocycles. The van der Waals surface area contributed by atoms with Crippen molar-refractivity contribution in [2.45, 2.75) is 45.8 Å². The van der Waals surface area contributed by atoms with Crippen molar-refractivity contribution in [3.63, 3.8) is 0 Å². The summed E-state index contributed by atoms with van der Waals surface area (Å²) in [5.74, 6) is 0.838. The van der Waals surface area contributed by atoms with Gasteiger partial charge in [0.15, 0.2) is 0 Å². The molecule has 0 aromatic carbocycles. The molecule has 0 saturated carbocycles. The van der Waals surface area contributed by atoms with Crippen LogP contribution >= 0.6 is 0 Å². The van der Waals surface area contributed by atoms with Gasteiger partial charge < -0.3 is 9.47 Å². The Morgan fingerprint density at radius 1 is 0.933 bits per heavy atom. The minimum Gasteiger partial charge on any atom is -0.382 e. The van der Waals surface area contributed by atoms with Crippen molar-refractivity contribution in [2.24, 2.45) is 5.92 Å². The molecule has 0 aromatic rings. The Hall–Kier alpha value is 0.137. The molecule has 15 heavy (non-hydrogen) atoms. The highest BCUT2D eigenvalue weighted by molar-refractivity contribution is 6.58. The number of rotatable bonds is 10. The van der Waals surface area contributed by atoms with Crippen LogP contribution in [0.25, 0.3) is 0 Å². The smallest absolute Gasteiger partial charge is 0.0439 e. The van der Waals surface area contributed by atoms with Crippen LogP contribution in [0.1, 0.15) is 27.7 Å². The Morgan fingerprint density at radius 3 is 1.73 bits per heavy atom. The van der Waals surface area contributed by atoms with Gasteiger partial charge in [0.1, 0.15) is 0 Å². The van der Waals surface area contributed by atoms with Crippen LogP contribution in [0, 0.1) is 5.92 Å². The summed E-state index contributed by atoms with van der Waals surface area (Å²) in [6, 6.07) is 4.07. The summed E-state index contributed by atoms with van der Waals surface area (Å²) >= 11 is 0. The first-order valence-electron chi connectivity index (χ1n) is 6.36. The Labute approximate surface area is 97.0 Å². The van der Waals surface area contributed by atoms with Crippen LogP contribution in [0.3, 0.4) is 0 Å². The first-order valence-corrected chi connectivity index (χ1v) is 8.81. The van der Waals surface area contributed by atoms with E-state index in [1.807, 2.05) is 0 Å². The van der Waals surface area contributed by atoms with Gasteiger partial charge in [0.25, 0.3) is 0 Å². The van der Waals surface area contributed by atoms with Crippen LogP contribution in [-0.2, 0) is 9.47 Å². The third kappa shape index (κ3) is 10.4. The van der Waals surface area contributed by atoms with E-state index in [-0.39, 0.29) is 0 Å². The summed E-state index contributed by atoms with van der Waals surface area (Å²) in [5.41, 5.74) is 0. The van der Waals surface area contributed by atoms with Gasteiger partial charge in [0.2, 0.25) is 0 Å². The van der Waals surface area contributed by atoms with E-state index in [2.05, 4.69) is 27.7 Å². The summed E-state index contributed by atoms with van der Waals surface area (Å²) in [4.78, 5) is 0. The Bertz CT molecular complexity index is 119. The molecule has 0 radical (unpaired) electrons. The molecule has 2 nitrogen and oxygen atoms in total. The number of hydrogen-bond donors (Lipinski definition) is 0. The van der Waals surface area contributed by atoms with Crippen LogP contribution in [0.4, 0.5) is 0 Å². The third-order valence-electron chi connectivity index (χ3n) is 2.55. The lowest BCUT2D eigenvalue weighted by Crippen LogP contribution is -2.19. The van der Waals surface area contributed by atoms with Crippen LogP contribution < -0.4 is 0 Å². The maximum atomic E-state index is 5.45. The zero-order chi connectivity index (χ0) is 11.5. The molecule has 0 fully saturated rings. The van der Waals surface area contributed by atoms with Gasteiger partial charge in [0, 0.05) is 35.2 Å². The highest BCUT2D eigenvalue weighted by Gasteiger charge is 2.12. The van der Waals surface area contributed by atoms with E-state index >= 15 is 0 Å². The molecule has 0 aromatic heterocycles. The lowest BCUT2D eigenvalue weighted by atomic mass is 10.3. The van der Waals surface area contributed by atoms with Gasteiger partial charge in [0.05, 0.1) is 0 Å². The second-order valence-electron chi connectivity index (χ2n) is 4.47. The molecular weight excluding hydrogens is 204 g/mol. The minimum absolute atomic E-state index is 0.605. The van der Waals surface area contributed by atoms with E-state index in [4.69, 9.17) is 9.47 Å². The zero-order valence-corrected chi connectivity index (χ0v) is 12.1. The normalized spacial score (nSPS) is 11.6. The fraction of sp³-hybridized carbons (Fsp3) is 1.00. The maximum Gasteiger partial charge on any atom is 0.0439 e. The van der Waals surface area contributed by atoms with Gasteiger partial charge in [-0.3, -0.25) is 0 Å². The highest BCUT2D eigenvalue weighted by atomic mass is 28.3. The standard InChI is InChI=1S/C12H28O2Si/c1-5-13-7-9-15(11-12(3)4)10-8-14-6-2/h12,15H,5-11H2,1-4H3. The minimum atomic E-state index is -0.605. The maximum absolute atomic E-state index is 5.45. The topological polar surface area (TPSA) is 18.5 Å². The summed E-state index contributed by atoms with van der Waals surface area (Å²) in [6.07, 6.45) is 0. The fourth-order valence-corrected chi connectivity index (χ4v) is 4.93. The summed E-state index contributed by atoms with van der Waals surface area (Å²) in [6.45, 7) is 12.4. The van der Waals surface area contributed by atoms with E-state index in [1.54, 1.807) is 0 Å². The predicted molar refractivity (Wildman–Crippen MR) is 69.4 cm³/mol. The van der Waals surface area contributed by atoms with Crippen molar-refractivity contribution >= 4 is 8.80 Å². The lowest BCUT2D eigenvalue weighted by molar-refractivity contribution is 0.156. The van der Waals surface area contributed by atoms with E-state index in [0.29, 0.717) is 0 Å². The Kier molecular flexibility index (Phi) is 10.7. The van der Waals surface area contributed by atoms with Gasteiger partial charge in [-0.25, -0.2) is 0 Å². The first-order chi connectivity index (χ1) is 7.20. The first kappa shape index (κ1) is 15.1. The molecule has 0 aliphatic rings. The molecule has 0 N–H and O–H groups in total. The van der Waals surface area contributed by atoms with Crippen LogP contribution in [-0.4, -0.2) is 35.2 Å². The number of hydrogen-bond acceptors (Lipinski definition) is 2. The molecule has 92 valence electrons. The molecular formula is C12H28O2Si. The molecule has 0 unspecified atom stereocenters. The van der Waals surface area contributed by atoms with Crippen molar-refractivity contribution in [2.75, 3.05) is 26.4 Å². The summed E-state index contributed by atoms with van der Waals surface area (Å²) in [5, 5.41) is 0. The lowest BCUT2D eigenvalue weighted by Gasteiger charge is -2.17. The second-order valence-corrected chi connectivity index (χ2v) is 7.82. The molecule has 0 spiro atoms. The van der Waals surface area contributed by atoms with E-state index in [9.17, 15) is 0 Å². The second kappa shape index (κ2) is 10.6. The Balaban J connectivity index is 3.63. The highest BCUT2D eigenvalue weighted by Crippen LogP contribution is 2.13. The molecule has 0 saturated heterocycles. The average molecular weight is 232 g/mol. The van der Waals surface area contributed by atoms with Crippen LogP contribution in [0.2, 0.25) is 18.1 Å². The number of ether oxygens (including phenoxy) is 2. The van der Waals surface area contributed by atoms with Gasteiger partial charge in [-0.15, -0.1) is 0 Å². The van der Waals surface area contributed by atoms with Crippen LogP contribution in [0.5, 0.6) is 0 Å². The quantitative estimate of drug-likeness (QED) is 0.426. The molecule has 0 rings (SSSR count). The fourth-order valence-electron chi connectivity index (χ4n) is 1.84. The average Bonchev–Trinajstić information content (AvgIpc) is 2.17. The molecule has 0 amide bonds. The van der Waals surface area contributed by atoms with Crippen molar-refractivity contribution in [1.82, 2.24) is 0 Å². The van der Waals surface area contributed by atoms with Gasteiger partial charge in [-0.2, -0.15) is 0 Å². The van der Waals surface area contributed by atoms with Crippen molar-refractivity contribution in [1.29, 1.82) is 0 Å². The Morgan fingerprint density at radius 2 is 1.40 bits per heavy atom. The summed E-state index contributed by atoms with van der Waals surface area (Å²) < 4.78 is 10.9. The molecule has 3 heteroatoms. The zero-order valence-electron chi connectivity index (χ0n) is 10.9. The largest absolute Gasteiger partial charge is 0.382 e. The van der Waals surface area contributed by atoms with Crippen LogP contribution in [0.15, 0.2) is 0 Å². The van der Waals surface area contributed by atoms with Crippen molar-refractivity contribution < 1.29 is 9.47 Å². The van der Waals surface area contributed by atoms with E-state index in [0.717, 1.165) is 32.3 Å². The van der Waals surface area contributed by atoms with Crippen molar-refractivity contribution in [3.05, 3.63) is 0 Å². The van der Waals surface area contributed by atoms with E-state index in [1.165, 1.54) is 18.1 Å². The summed E-state index contributed by atoms with van der Waals surface area (Å²) in [7, 11) is -0.605. The van der Waals surface area contributed by atoms with Crippen molar-refractivity contribution in [3.8, 4) is 0 Å². The SMILES string of the molecule is CCOCC[SiH](CCOCC)CC(C)C. The molecule has 0 bridgehead atoms. The van der Waals surface area contributed by atoms with Gasteiger partial charge in [-0.05, 0) is 31.9 Å².